The fourth-order valence-corrected chi connectivity index (χ4v) is 6.80. The van der Waals surface area contributed by atoms with E-state index in [9.17, 15) is 0 Å². The lowest BCUT2D eigenvalue weighted by atomic mass is 9.96. The van der Waals surface area contributed by atoms with Gasteiger partial charge in [-0.3, -0.25) is 9.97 Å². The highest BCUT2D eigenvalue weighted by molar-refractivity contribution is 6.10. The highest BCUT2D eigenvalue weighted by Gasteiger charge is 2.29. The van der Waals surface area contributed by atoms with Gasteiger partial charge in [0.05, 0.1) is 22.6 Å². The summed E-state index contributed by atoms with van der Waals surface area (Å²) in [5.41, 5.74) is 14.3. The molecule has 0 radical (unpaired) electrons. The molecule has 0 N–H and O–H groups in total. The predicted molar refractivity (Wildman–Crippen MR) is 189 cm³/mol. The SMILES string of the molecule is c1ccc(-c2cc(-c3ccccc3)cc(-n3ccc4ccc5c(c43)-c3ccncc3-c3ncccc3N5c3ccccc3)c2)cc1. The normalized spacial score (nSPS) is 11.9. The van der Waals surface area contributed by atoms with Crippen LogP contribution in [-0.4, -0.2) is 14.5 Å². The zero-order chi connectivity index (χ0) is 30.5. The molecule has 0 spiro atoms. The molecular weight excluding hydrogens is 560 g/mol. The first-order chi connectivity index (χ1) is 22.8. The van der Waals surface area contributed by atoms with Crippen LogP contribution in [0, 0.1) is 0 Å². The Bertz CT molecular complexity index is 2300. The summed E-state index contributed by atoms with van der Waals surface area (Å²) in [5.74, 6) is 0. The average molecular weight is 589 g/mol. The number of fused-ring (bicyclic) bond motifs is 7. The summed E-state index contributed by atoms with van der Waals surface area (Å²) in [7, 11) is 0. The minimum Gasteiger partial charge on any atom is -0.316 e. The highest BCUT2D eigenvalue weighted by atomic mass is 15.2. The van der Waals surface area contributed by atoms with Crippen LogP contribution in [0.4, 0.5) is 17.1 Å². The molecule has 0 saturated carbocycles. The number of hydrogen-bond acceptors (Lipinski definition) is 3. The van der Waals surface area contributed by atoms with Gasteiger partial charge in [-0.1, -0.05) is 84.9 Å². The second kappa shape index (κ2) is 10.7. The van der Waals surface area contributed by atoms with E-state index in [0.29, 0.717) is 0 Å². The van der Waals surface area contributed by atoms with Crippen molar-refractivity contribution >= 4 is 28.0 Å². The van der Waals surface area contributed by atoms with Gasteiger partial charge in [0.1, 0.15) is 0 Å². The molecule has 9 rings (SSSR count). The number of para-hydroxylation sites is 1. The Morgan fingerprint density at radius 3 is 1.89 bits per heavy atom. The first-order valence-corrected chi connectivity index (χ1v) is 15.5. The number of nitrogens with zero attached hydrogens (tertiary/aromatic N) is 4. The molecule has 0 amide bonds. The van der Waals surface area contributed by atoms with Crippen molar-refractivity contribution in [2.45, 2.75) is 0 Å². The first-order valence-electron chi connectivity index (χ1n) is 15.5. The minimum atomic E-state index is 0.911. The van der Waals surface area contributed by atoms with Crippen LogP contribution in [-0.2, 0) is 0 Å². The second-order valence-electron chi connectivity index (χ2n) is 11.5. The van der Waals surface area contributed by atoms with Gasteiger partial charge in [-0.05, 0) is 88.5 Å². The van der Waals surface area contributed by atoms with Crippen molar-refractivity contribution in [1.29, 1.82) is 0 Å². The maximum Gasteiger partial charge on any atom is 0.0964 e. The molecule has 4 nitrogen and oxygen atoms in total. The summed E-state index contributed by atoms with van der Waals surface area (Å²) in [4.78, 5) is 11.8. The molecule has 0 unspecified atom stereocenters. The van der Waals surface area contributed by atoms with E-state index in [1.807, 2.05) is 24.7 Å². The third kappa shape index (κ3) is 4.23. The number of rotatable bonds is 4. The molecule has 216 valence electrons. The van der Waals surface area contributed by atoms with Gasteiger partial charge in [-0.2, -0.15) is 0 Å². The van der Waals surface area contributed by atoms with Crippen molar-refractivity contribution in [3.8, 4) is 50.3 Å². The molecule has 0 fully saturated rings. The molecule has 46 heavy (non-hydrogen) atoms. The maximum atomic E-state index is 4.93. The molecule has 1 aliphatic rings. The van der Waals surface area contributed by atoms with Gasteiger partial charge in [0.15, 0.2) is 0 Å². The summed E-state index contributed by atoms with van der Waals surface area (Å²) in [5, 5.41) is 1.17. The molecule has 0 aliphatic carbocycles. The second-order valence-corrected chi connectivity index (χ2v) is 11.5. The molecule has 5 aromatic carbocycles. The maximum absolute atomic E-state index is 4.93. The van der Waals surface area contributed by atoms with Gasteiger partial charge in [-0.15, -0.1) is 0 Å². The van der Waals surface area contributed by atoms with Crippen LogP contribution in [0.1, 0.15) is 0 Å². The molecule has 0 bridgehead atoms. The van der Waals surface area contributed by atoms with Crippen molar-refractivity contribution in [2.75, 3.05) is 4.90 Å². The molecular formula is C42H28N4. The third-order valence-corrected chi connectivity index (χ3v) is 8.87. The van der Waals surface area contributed by atoms with E-state index in [1.165, 1.54) is 27.6 Å². The highest BCUT2D eigenvalue weighted by Crippen LogP contribution is 2.52. The van der Waals surface area contributed by atoms with Crippen LogP contribution in [0.5, 0.6) is 0 Å². The summed E-state index contributed by atoms with van der Waals surface area (Å²) in [6.07, 6.45) is 7.91. The monoisotopic (exact) mass is 588 g/mol. The number of benzene rings is 5. The lowest BCUT2D eigenvalue weighted by Gasteiger charge is -2.27. The Kier molecular flexibility index (Phi) is 6.10. The molecule has 1 aliphatic heterocycles. The summed E-state index contributed by atoms with van der Waals surface area (Å²) in [6, 6.07) is 51.7. The van der Waals surface area contributed by atoms with Crippen molar-refractivity contribution < 1.29 is 0 Å². The van der Waals surface area contributed by atoms with Gasteiger partial charge < -0.3 is 9.47 Å². The van der Waals surface area contributed by atoms with Gasteiger partial charge in [0.25, 0.3) is 0 Å². The number of hydrogen-bond donors (Lipinski definition) is 0. The Balaban J connectivity index is 1.37. The average Bonchev–Trinajstić information content (AvgIpc) is 3.52. The van der Waals surface area contributed by atoms with Crippen molar-refractivity contribution in [2.24, 2.45) is 0 Å². The van der Waals surface area contributed by atoms with Crippen LogP contribution < -0.4 is 4.90 Å². The lowest BCUT2D eigenvalue weighted by Crippen LogP contribution is -2.11. The van der Waals surface area contributed by atoms with Crippen LogP contribution in [0.15, 0.2) is 170 Å². The van der Waals surface area contributed by atoms with E-state index < -0.39 is 0 Å². The van der Waals surface area contributed by atoms with E-state index in [0.717, 1.165) is 50.7 Å². The molecule has 3 aromatic heterocycles. The smallest absolute Gasteiger partial charge is 0.0964 e. The third-order valence-electron chi connectivity index (χ3n) is 8.87. The Morgan fingerprint density at radius 1 is 0.478 bits per heavy atom. The zero-order valence-electron chi connectivity index (χ0n) is 25.0. The molecule has 8 aromatic rings. The van der Waals surface area contributed by atoms with E-state index in [2.05, 4.69) is 160 Å². The van der Waals surface area contributed by atoms with Crippen molar-refractivity contribution in [1.82, 2.24) is 14.5 Å². The molecule has 4 heterocycles. The first kappa shape index (κ1) is 26.2. The predicted octanol–water partition coefficient (Wildman–Crippen LogP) is 10.9. The van der Waals surface area contributed by atoms with E-state index in [1.54, 1.807) is 0 Å². The fraction of sp³-hybridized carbons (Fsp3) is 0. The van der Waals surface area contributed by atoms with Crippen LogP contribution in [0.3, 0.4) is 0 Å². The van der Waals surface area contributed by atoms with E-state index in [-0.39, 0.29) is 0 Å². The van der Waals surface area contributed by atoms with E-state index in [4.69, 9.17) is 4.98 Å². The summed E-state index contributed by atoms with van der Waals surface area (Å²) in [6.45, 7) is 0. The number of anilines is 3. The van der Waals surface area contributed by atoms with Crippen LogP contribution in [0.2, 0.25) is 0 Å². The Labute approximate surface area is 267 Å². The largest absolute Gasteiger partial charge is 0.316 e. The van der Waals surface area contributed by atoms with Gasteiger partial charge in [-0.25, -0.2) is 0 Å². The zero-order valence-corrected chi connectivity index (χ0v) is 25.0. The molecule has 4 heteroatoms. The Morgan fingerprint density at radius 2 is 1.17 bits per heavy atom. The number of aromatic nitrogens is 3. The Hall–Kier alpha value is -6.26. The minimum absolute atomic E-state index is 0.911. The number of pyridine rings is 2. The van der Waals surface area contributed by atoms with Crippen LogP contribution in [0.25, 0.3) is 61.2 Å². The van der Waals surface area contributed by atoms with E-state index >= 15 is 0 Å². The van der Waals surface area contributed by atoms with Crippen molar-refractivity contribution in [3.05, 3.63) is 170 Å². The molecule has 0 saturated heterocycles. The summed E-state index contributed by atoms with van der Waals surface area (Å²) < 4.78 is 2.35. The van der Waals surface area contributed by atoms with Crippen LogP contribution >= 0.6 is 0 Å². The van der Waals surface area contributed by atoms with Crippen molar-refractivity contribution in [3.63, 3.8) is 0 Å². The van der Waals surface area contributed by atoms with Gasteiger partial charge in [0.2, 0.25) is 0 Å². The standard InChI is InChI=1S/C42H28N4/c1-4-11-29(12-5-1)32-25-33(30-13-6-2-7-14-30)27-35(26-32)45-24-21-31-18-19-38-40(42(31)45)36-20-23-43-28-37(36)41-39(17-10-22-44-41)46(38)34-15-8-3-9-16-34/h1-28H. The van der Waals surface area contributed by atoms with Gasteiger partial charge >= 0.3 is 0 Å². The quantitative estimate of drug-likeness (QED) is 0.205. The molecule has 0 atom stereocenters. The van der Waals surface area contributed by atoms with Gasteiger partial charge in [0, 0.05) is 52.7 Å². The fourth-order valence-electron chi connectivity index (χ4n) is 6.80. The lowest BCUT2D eigenvalue weighted by molar-refractivity contribution is 1.13. The topological polar surface area (TPSA) is 34.0 Å². The summed E-state index contributed by atoms with van der Waals surface area (Å²) >= 11 is 0.